The summed E-state index contributed by atoms with van der Waals surface area (Å²) >= 11 is 0. The fraction of sp³-hybridized carbons (Fsp3) is 0.364. The zero-order valence-corrected chi connectivity index (χ0v) is 14.2. The summed E-state index contributed by atoms with van der Waals surface area (Å²) in [5.41, 5.74) is 5.21. The van der Waals surface area contributed by atoms with E-state index in [1.807, 2.05) is 6.07 Å². The van der Waals surface area contributed by atoms with Gasteiger partial charge in [0.2, 0.25) is 0 Å². The van der Waals surface area contributed by atoms with E-state index < -0.39 is 0 Å². The molecule has 4 rings (SSSR count). The van der Waals surface area contributed by atoms with E-state index in [4.69, 9.17) is 0 Å². The number of hydrogen-bond donors (Lipinski definition) is 0. The molecule has 2 aromatic rings. The topological polar surface area (TPSA) is 3.24 Å². The highest BCUT2D eigenvalue weighted by molar-refractivity contribution is 5.33. The number of fused-ring (bicyclic) bond motifs is 2. The van der Waals surface area contributed by atoms with Crippen molar-refractivity contribution in [2.24, 2.45) is 0 Å². The molecule has 0 amide bonds. The van der Waals surface area contributed by atoms with Gasteiger partial charge in [-0.15, -0.1) is 0 Å². The molecule has 2 heteroatoms. The first-order valence-corrected chi connectivity index (χ1v) is 8.93. The second-order valence-electron chi connectivity index (χ2n) is 7.23. The van der Waals surface area contributed by atoms with Gasteiger partial charge in [0, 0.05) is 18.6 Å². The molecule has 24 heavy (non-hydrogen) atoms. The Morgan fingerprint density at radius 3 is 2.71 bits per heavy atom. The van der Waals surface area contributed by atoms with E-state index in [2.05, 4.69) is 48.2 Å². The van der Waals surface area contributed by atoms with E-state index in [9.17, 15) is 4.39 Å². The molecule has 1 nitrogen and oxygen atoms in total. The minimum atomic E-state index is -0.124. The molecule has 0 aromatic heterocycles. The van der Waals surface area contributed by atoms with Crippen LogP contribution in [-0.2, 0) is 13.0 Å². The van der Waals surface area contributed by atoms with Crippen molar-refractivity contribution in [2.75, 3.05) is 0 Å². The van der Waals surface area contributed by atoms with Crippen LogP contribution in [0, 0.1) is 12.7 Å². The van der Waals surface area contributed by atoms with Crippen molar-refractivity contribution < 1.29 is 4.39 Å². The summed E-state index contributed by atoms with van der Waals surface area (Å²) in [6.07, 6.45) is 7.01. The zero-order chi connectivity index (χ0) is 16.5. The fourth-order valence-corrected chi connectivity index (χ4v) is 4.25. The maximum absolute atomic E-state index is 13.5. The lowest BCUT2D eigenvalue weighted by atomic mass is 9.93. The largest absolute Gasteiger partial charge is 0.289 e. The predicted molar refractivity (Wildman–Crippen MR) is 96.3 cm³/mol. The molecule has 124 valence electrons. The molecule has 0 radical (unpaired) electrons. The molecule has 0 N–H and O–H groups in total. The van der Waals surface area contributed by atoms with Gasteiger partial charge in [0.05, 0.1) is 0 Å². The summed E-state index contributed by atoms with van der Waals surface area (Å²) in [5.74, 6) is -0.124. The van der Waals surface area contributed by atoms with Gasteiger partial charge in [0.15, 0.2) is 0 Å². The maximum atomic E-state index is 13.5. The first kappa shape index (κ1) is 15.6. The van der Waals surface area contributed by atoms with Crippen molar-refractivity contribution in [2.45, 2.75) is 51.2 Å². The van der Waals surface area contributed by atoms with Crippen molar-refractivity contribution in [1.29, 1.82) is 0 Å². The average molecular weight is 321 g/mol. The fourth-order valence-electron chi connectivity index (χ4n) is 4.25. The van der Waals surface area contributed by atoms with Crippen LogP contribution < -0.4 is 0 Å². The zero-order valence-electron chi connectivity index (χ0n) is 14.2. The molecule has 1 saturated heterocycles. The van der Waals surface area contributed by atoms with Crippen LogP contribution >= 0.6 is 0 Å². The average Bonchev–Trinajstić information content (AvgIpc) is 2.81. The van der Waals surface area contributed by atoms with E-state index in [1.54, 1.807) is 12.1 Å². The maximum Gasteiger partial charge on any atom is 0.123 e. The Bertz CT molecular complexity index is 750. The molecule has 0 saturated carbocycles. The van der Waals surface area contributed by atoms with Crippen LogP contribution in [0.25, 0.3) is 0 Å². The van der Waals surface area contributed by atoms with Crippen molar-refractivity contribution in [3.63, 3.8) is 0 Å². The van der Waals surface area contributed by atoms with Gasteiger partial charge in [0.25, 0.3) is 0 Å². The first-order valence-electron chi connectivity index (χ1n) is 8.93. The molecular formula is C22H24FN. The van der Waals surface area contributed by atoms with Crippen LogP contribution in [0.5, 0.6) is 0 Å². The summed E-state index contributed by atoms with van der Waals surface area (Å²) in [6, 6.07) is 17.1. The Morgan fingerprint density at radius 2 is 1.92 bits per heavy atom. The Morgan fingerprint density at radius 1 is 1.08 bits per heavy atom. The molecular weight excluding hydrogens is 297 g/mol. The monoisotopic (exact) mass is 321 g/mol. The van der Waals surface area contributed by atoms with E-state index >= 15 is 0 Å². The minimum Gasteiger partial charge on any atom is -0.289 e. The quantitative estimate of drug-likeness (QED) is 0.713. The van der Waals surface area contributed by atoms with Gasteiger partial charge in [-0.05, 0) is 61.4 Å². The second kappa shape index (κ2) is 6.52. The Balaban J connectivity index is 1.50. The number of rotatable bonds is 4. The third-order valence-electron chi connectivity index (χ3n) is 5.55. The number of aryl methyl sites for hydroxylation is 1. The van der Waals surface area contributed by atoms with Gasteiger partial charge in [-0.1, -0.05) is 48.0 Å². The van der Waals surface area contributed by atoms with Crippen LogP contribution in [0.4, 0.5) is 4.39 Å². The highest BCUT2D eigenvalue weighted by Crippen LogP contribution is 2.37. The summed E-state index contributed by atoms with van der Waals surface area (Å²) in [5, 5.41) is 0. The van der Waals surface area contributed by atoms with E-state index in [-0.39, 0.29) is 5.82 Å². The van der Waals surface area contributed by atoms with Gasteiger partial charge in [0.1, 0.15) is 5.82 Å². The lowest BCUT2D eigenvalue weighted by Gasteiger charge is -2.34. The van der Waals surface area contributed by atoms with Gasteiger partial charge in [-0.2, -0.15) is 0 Å². The van der Waals surface area contributed by atoms with Crippen LogP contribution in [0.15, 0.2) is 60.2 Å². The lowest BCUT2D eigenvalue weighted by molar-refractivity contribution is 0.194. The molecule has 1 fully saturated rings. The molecule has 2 bridgehead atoms. The smallest absolute Gasteiger partial charge is 0.123 e. The number of halogens is 1. The van der Waals surface area contributed by atoms with Gasteiger partial charge >= 0.3 is 0 Å². The normalized spacial score (nSPS) is 23.3. The van der Waals surface area contributed by atoms with Crippen molar-refractivity contribution in [1.82, 2.24) is 4.90 Å². The van der Waals surface area contributed by atoms with E-state index in [1.165, 1.54) is 29.5 Å². The number of nitrogens with zero attached hydrogens (tertiary/aromatic N) is 1. The number of benzene rings is 2. The summed E-state index contributed by atoms with van der Waals surface area (Å²) in [6.45, 7) is 3.12. The Kier molecular flexibility index (Phi) is 4.24. The van der Waals surface area contributed by atoms with Gasteiger partial charge in [-0.25, -0.2) is 4.39 Å². The molecule has 2 aliphatic rings. The van der Waals surface area contributed by atoms with E-state index in [0.29, 0.717) is 12.1 Å². The Hall–Kier alpha value is -1.93. The third kappa shape index (κ3) is 3.16. The predicted octanol–water partition coefficient (Wildman–Crippen LogP) is 5.04. The lowest BCUT2D eigenvalue weighted by Crippen LogP contribution is -2.38. The number of hydrogen-bond acceptors (Lipinski definition) is 1. The molecule has 2 atom stereocenters. The van der Waals surface area contributed by atoms with Crippen molar-refractivity contribution in [3.8, 4) is 0 Å². The van der Waals surface area contributed by atoms with Crippen LogP contribution in [0.3, 0.4) is 0 Å². The highest BCUT2D eigenvalue weighted by atomic mass is 19.1. The highest BCUT2D eigenvalue weighted by Gasteiger charge is 2.36. The summed E-state index contributed by atoms with van der Waals surface area (Å²) in [4.78, 5) is 2.65. The van der Waals surface area contributed by atoms with E-state index in [0.717, 1.165) is 24.9 Å². The summed E-state index contributed by atoms with van der Waals surface area (Å²) in [7, 11) is 0. The molecule has 2 aliphatic heterocycles. The van der Waals surface area contributed by atoms with Crippen LogP contribution in [-0.4, -0.2) is 17.0 Å². The van der Waals surface area contributed by atoms with Crippen molar-refractivity contribution in [3.05, 3.63) is 82.7 Å². The standard InChI is InChI=1S/C22H24FN/c1-16-7-8-20(23)14-19(16)11-18-12-21-9-10-22(13-18)24(21)15-17-5-3-2-4-6-17/h2-8,12,14,21-22H,9-11,13,15H2,1H3. The molecule has 0 spiro atoms. The van der Waals surface area contributed by atoms with Crippen LogP contribution in [0.2, 0.25) is 0 Å². The van der Waals surface area contributed by atoms with Gasteiger partial charge < -0.3 is 0 Å². The molecule has 0 aliphatic carbocycles. The van der Waals surface area contributed by atoms with Gasteiger partial charge in [-0.3, -0.25) is 4.90 Å². The minimum absolute atomic E-state index is 0.124. The van der Waals surface area contributed by atoms with Crippen LogP contribution in [0.1, 0.15) is 36.0 Å². The molecule has 2 heterocycles. The van der Waals surface area contributed by atoms with Crippen molar-refractivity contribution >= 4 is 0 Å². The Labute approximate surface area is 143 Å². The SMILES string of the molecule is Cc1ccc(F)cc1CC1=CC2CCC(C1)N2Cc1ccccc1. The summed E-state index contributed by atoms with van der Waals surface area (Å²) < 4.78 is 13.5. The third-order valence-corrected chi connectivity index (χ3v) is 5.55. The molecule has 2 aromatic carbocycles. The first-order chi connectivity index (χ1) is 11.7. The second-order valence-corrected chi connectivity index (χ2v) is 7.23. The molecule has 2 unspecified atom stereocenters.